The smallest absolute Gasteiger partial charge is 0.130 e. The fraction of sp³-hybridized carbons (Fsp3) is 0.118. The Labute approximate surface area is 128 Å². The number of hydrogen-bond acceptors (Lipinski definition) is 3. The Bertz CT molecular complexity index is 788. The third-order valence-electron chi connectivity index (χ3n) is 3.43. The summed E-state index contributed by atoms with van der Waals surface area (Å²) < 4.78 is 5.43. The van der Waals surface area contributed by atoms with Gasteiger partial charge in [0.2, 0.25) is 0 Å². The molecule has 1 N–H and O–H groups in total. The largest absolute Gasteiger partial charge is 0.496 e. The minimum absolute atomic E-state index is 0.611. The average Bonchev–Trinajstić information content (AvgIpc) is 2.55. The molecule has 1 aromatic heterocycles. The number of methoxy groups -OCH3 is 1. The topological polar surface area (TPSA) is 34.2 Å². The number of benzene rings is 2. The molecule has 0 unspecified atom stereocenters. The molecule has 0 bridgehead atoms. The van der Waals surface area contributed by atoms with Crippen LogP contribution in [0.25, 0.3) is 22.2 Å². The van der Waals surface area contributed by atoms with E-state index in [0.29, 0.717) is 5.02 Å². The fourth-order valence-corrected chi connectivity index (χ4v) is 2.60. The van der Waals surface area contributed by atoms with E-state index in [4.69, 9.17) is 21.3 Å². The Morgan fingerprint density at radius 1 is 1.10 bits per heavy atom. The maximum absolute atomic E-state index is 6.33. The van der Waals surface area contributed by atoms with Crippen molar-refractivity contribution in [1.29, 1.82) is 0 Å². The molecule has 0 aliphatic carbocycles. The number of rotatable bonds is 3. The van der Waals surface area contributed by atoms with Crippen molar-refractivity contribution in [2.45, 2.75) is 0 Å². The van der Waals surface area contributed by atoms with Crippen LogP contribution in [0, 0.1) is 0 Å². The van der Waals surface area contributed by atoms with Gasteiger partial charge in [0, 0.05) is 18.3 Å². The summed E-state index contributed by atoms with van der Waals surface area (Å²) in [7, 11) is 3.52. The van der Waals surface area contributed by atoms with Crippen LogP contribution < -0.4 is 10.1 Å². The van der Waals surface area contributed by atoms with E-state index in [-0.39, 0.29) is 0 Å². The number of ether oxygens (including phenoxy) is 1. The minimum atomic E-state index is 0.611. The molecule has 21 heavy (non-hydrogen) atoms. The van der Waals surface area contributed by atoms with Crippen molar-refractivity contribution in [3.63, 3.8) is 0 Å². The van der Waals surface area contributed by atoms with Crippen molar-refractivity contribution in [2.75, 3.05) is 19.5 Å². The first kappa shape index (κ1) is 13.7. The number of halogens is 1. The van der Waals surface area contributed by atoms with Gasteiger partial charge in [-0.25, -0.2) is 4.98 Å². The third-order valence-corrected chi connectivity index (χ3v) is 3.74. The predicted octanol–water partition coefficient (Wildman–Crippen LogP) is 4.61. The van der Waals surface area contributed by atoms with Gasteiger partial charge in [0.25, 0.3) is 0 Å². The Morgan fingerprint density at radius 3 is 2.52 bits per heavy atom. The van der Waals surface area contributed by atoms with Crippen molar-refractivity contribution >= 4 is 28.2 Å². The lowest BCUT2D eigenvalue weighted by molar-refractivity contribution is 0.420. The van der Waals surface area contributed by atoms with Crippen LogP contribution in [0.1, 0.15) is 0 Å². The third kappa shape index (κ3) is 2.41. The van der Waals surface area contributed by atoms with Crippen molar-refractivity contribution < 1.29 is 4.74 Å². The molecule has 2 aromatic carbocycles. The zero-order chi connectivity index (χ0) is 14.8. The lowest BCUT2D eigenvalue weighted by atomic mass is 10.1. The summed E-state index contributed by atoms with van der Waals surface area (Å²) >= 11 is 6.33. The van der Waals surface area contributed by atoms with Gasteiger partial charge in [0.15, 0.2) is 0 Å². The van der Waals surface area contributed by atoms with Crippen LogP contribution in [0.4, 0.5) is 5.69 Å². The van der Waals surface area contributed by atoms with Gasteiger partial charge < -0.3 is 10.1 Å². The van der Waals surface area contributed by atoms with Crippen molar-refractivity contribution in [2.24, 2.45) is 0 Å². The average molecular weight is 299 g/mol. The summed E-state index contributed by atoms with van der Waals surface area (Å²) in [6.45, 7) is 0. The maximum atomic E-state index is 6.33. The minimum Gasteiger partial charge on any atom is -0.496 e. The van der Waals surface area contributed by atoms with Gasteiger partial charge in [0.05, 0.1) is 28.7 Å². The second kappa shape index (κ2) is 5.62. The molecule has 0 saturated carbocycles. The molecule has 0 spiro atoms. The molecule has 0 saturated heterocycles. The molecule has 1 heterocycles. The molecule has 0 amide bonds. The Kier molecular flexibility index (Phi) is 3.67. The van der Waals surface area contributed by atoms with Gasteiger partial charge in [-0.15, -0.1) is 0 Å². The lowest BCUT2D eigenvalue weighted by Gasteiger charge is -2.13. The first-order valence-corrected chi connectivity index (χ1v) is 7.03. The number of aromatic nitrogens is 1. The first-order valence-electron chi connectivity index (χ1n) is 6.65. The molecule has 0 atom stereocenters. The van der Waals surface area contributed by atoms with Gasteiger partial charge in [-0.1, -0.05) is 41.9 Å². The number of hydrogen-bond donors (Lipinski definition) is 1. The summed E-state index contributed by atoms with van der Waals surface area (Å²) in [4.78, 5) is 4.71. The summed E-state index contributed by atoms with van der Waals surface area (Å²) in [6, 6.07) is 15.7. The van der Waals surface area contributed by atoms with E-state index in [0.717, 1.165) is 33.6 Å². The molecule has 0 radical (unpaired) electrons. The van der Waals surface area contributed by atoms with E-state index in [1.165, 1.54) is 0 Å². The standard InChI is InChI=1S/C17H15ClN2O/c1-19-14-10-13(11-6-4-3-5-7-11)20-17-12(18)8-9-15(21-2)16(14)17/h3-10H,1-2H3,(H,19,20). The normalized spacial score (nSPS) is 10.6. The first-order chi connectivity index (χ1) is 10.2. The second-order valence-electron chi connectivity index (χ2n) is 4.64. The Morgan fingerprint density at radius 2 is 1.86 bits per heavy atom. The van der Waals surface area contributed by atoms with Gasteiger partial charge in [-0.2, -0.15) is 0 Å². The molecular weight excluding hydrogens is 284 g/mol. The summed E-state index contributed by atoms with van der Waals surface area (Å²) in [5, 5.41) is 4.71. The van der Waals surface area contributed by atoms with Crippen LogP contribution in [0.2, 0.25) is 5.02 Å². The molecule has 0 fully saturated rings. The van der Waals surface area contributed by atoms with E-state index in [1.807, 2.05) is 55.6 Å². The zero-order valence-electron chi connectivity index (χ0n) is 11.9. The van der Waals surface area contributed by atoms with E-state index in [2.05, 4.69) is 5.32 Å². The molecule has 3 aromatic rings. The number of nitrogens with one attached hydrogen (secondary N) is 1. The van der Waals surface area contributed by atoms with E-state index in [9.17, 15) is 0 Å². The number of anilines is 1. The SMILES string of the molecule is CNc1cc(-c2ccccc2)nc2c(Cl)ccc(OC)c12. The lowest BCUT2D eigenvalue weighted by Crippen LogP contribution is -1.97. The van der Waals surface area contributed by atoms with Crippen molar-refractivity contribution in [3.05, 3.63) is 53.6 Å². The molecule has 0 aliphatic rings. The van der Waals surface area contributed by atoms with E-state index in [1.54, 1.807) is 7.11 Å². The molecule has 0 aliphatic heterocycles. The van der Waals surface area contributed by atoms with Crippen molar-refractivity contribution in [3.8, 4) is 17.0 Å². The van der Waals surface area contributed by atoms with Gasteiger partial charge >= 0.3 is 0 Å². The Balaban J connectivity index is 2.34. The van der Waals surface area contributed by atoms with Gasteiger partial charge in [-0.3, -0.25) is 0 Å². The highest BCUT2D eigenvalue weighted by Crippen LogP contribution is 2.37. The molecule has 3 rings (SSSR count). The predicted molar refractivity (Wildman–Crippen MR) is 88.3 cm³/mol. The monoisotopic (exact) mass is 298 g/mol. The van der Waals surface area contributed by atoms with Crippen LogP contribution in [0.3, 0.4) is 0 Å². The number of fused-ring (bicyclic) bond motifs is 1. The molecule has 3 nitrogen and oxygen atoms in total. The molecule has 4 heteroatoms. The highest BCUT2D eigenvalue weighted by Gasteiger charge is 2.13. The van der Waals surface area contributed by atoms with Crippen LogP contribution in [0.15, 0.2) is 48.5 Å². The molecular formula is C17H15ClN2O. The Hall–Kier alpha value is -2.26. The van der Waals surface area contributed by atoms with E-state index >= 15 is 0 Å². The summed E-state index contributed by atoms with van der Waals surface area (Å²) in [5.74, 6) is 0.755. The molecule has 106 valence electrons. The van der Waals surface area contributed by atoms with Crippen LogP contribution >= 0.6 is 11.6 Å². The van der Waals surface area contributed by atoms with Crippen molar-refractivity contribution in [1.82, 2.24) is 4.98 Å². The summed E-state index contributed by atoms with van der Waals surface area (Å²) in [5.41, 5.74) is 3.61. The number of pyridine rings is 1. The van der Waals surface area contributed by atoms with Gasteiger partial charge in [0.1, 0.15) is 5.75 Å². The fourth-order valence-electron chi connectivity index (χ4n) is 2.40. The number of nitrogens with zero attached hydrogens (tertiary/aromatic N) is 1. The van der Waals surface area contributed by atoms with E-state index < -0.39 is 0 Å². The van der Waals surface area contributed by atoms with Crippen LogP contribution in [0.5, 0.6) is 5.75 Å². The quantitative estimate of drug-likeness (QED) is 0.767. The van der Waals surface area contributed by atoms with Crippen LogP contribution in [-0.4, -0.2) is 19.1 Å². The highest BCUT2D eigenvalue weighted by atomic mass is 35.5. The zero-order valence-corrected chi connectivity index (χ0v) is 12.6. The highest BCUT2D eigenvalue weighted by molar-refractivity contribution is 6.35. The van der Waals surface area contributed by atoms with Crippen LogP contribution in [-0.2, 0) is 0 Å². The summed E-state index contributed by atoms with van der Waals surface area (Å²) in [6.07, 6.45) is 0. The van der Waals surface area contributed by atoms with Gasteiger partial charge in [-0.05, 0) is 18.2 Å². The maximum Gasteiger partial charge on any atom is 0.130 e. The second-order valence-corrected chi connectivity index (χ2v) is 5.05.